The second-order valence-electron chi connectivity index (χ2n) is 5.50. The molecule has 0 radical (unpaired) electrons. The van der Waals surface area contributed by atoms with Gasteiger partial charge in [0.05, 0.1) is 11.1 Å². The second kappa shape index (κ2) is 8.02. The lowest BCUT2D eigenvalue weighted by Crippen LogP contribution is -2.26. The average Bonchev–Trinajstić information content (AvgIpc) is 3.15. The topological polar surface area (TPSA) is 44.1 Å². The Kier molecular flexibility index (Phi) is 5.54. The highest BCUT2D eigenvalue weighted by Gasteiger charge is 2.17. The quantitative estimate of drug-likeness (QED) is 0.637. The molecule has 0 fully saturated rings. The summed E-state index contributed by atoms with van der Waals surface area (Å²) in [5.41, 5.74) is 2.39. The number of benzene rings is 2. The summed E-state index contributed by atoms with van der Waals surface area (Å²) in [6.45, 7) is 0.579. The molecule has 0 unspecified atom stereocenters. The van der Waals surface area contributed by atoms with Crippen LogP contribution in [0.4, 0.5) is 0 Å². The average molecular weight is 364 g/mol. The van der Waals surface area contributed by atoms with Crippen molar-refractivity contribution in [1.29, 1.82) is 5.26 Å². The van der Waals surface area contributed by atoms with Crippen LogP contribution in [-0.2, 0) is 6.54 Å². The Balaban J connectivity index is 1.85. The van der Waals surface area contributed by atoms with E-state index in [0.717, 1.165) is 15.4 Å². The maximum absolute atomic E-state index is 12.9. The standard InChI is InChI=1S/C20H16N2OS2/c1-22(13-15-10-11-24-14-15)20(23)17-7-3-5-9-19(17)25-18-8-4-2-6-16(18)12-21/h2-11,14H,13H2,1H3. The highest BCUT2D eigenvalue weighted by atomic mass is 32.2. The Morgan fingerprint density at radius 2 is 1.84 bits per heavy atom. The first kappa shape index (κ1) is 17.3. The summed E-state index contributed by atoms with van der Waals surface area (Å²) < 4.78 is 0. The van der Waals surface area contributed by atoms with Crippen molar-refractivity contribution >= 4 is 29.0 Å². The molecule has 0 aliphatic rings. The molecule has 0 aliphatic carbocycles. The van der Waals surface area contributed by atoms with Gasteiger partial charge in [0.15, 0.2) is 0 Å². The van der Waals surface area contributed by atoms with Crippen LogP contribution in [0.5, 0.6) is 0 Å². The fraction of sp³-hybridized carbons (Fsp3) is 0.100. The molecule has 0 saturated heterocycles. The summed E-state index contributed by atoms with van der Waals surface area (Å²) in [6.07, 6.45) is 0. The molecule has 3 nitrogen and oxygen atoms in total. The van der Waals surface area contributed by atoms with E-state index in [1.54, 1.807) is 22.3 Å². The van der Waals surface area contributed by atoms with E-state index in [0.29, 0.717) is 17.7 Å². The van der Waals surface area contributed by atoms with Gasteiger partial charge in [0.1, 0.15) is 6.07 Å². The minimum absolute atomic E-state index is 0.0243. The van der Waals surface area contributed by atoms with E-state index in [4.69, 9.17) is 0 Å². The predicted octanol–water partition coefficient (Wildman–Crippen LogP) is 5.04. The fourth-order valence-electron chi connectivity index (χ4n) is 2.43. The number of carbonyl (C=O) groups excluding carboxylic acids is 1. The van der Waals surface area contributed by atoms with Gasteiger partial charge >= 0.3 is 0 Å². The number of hydrogen-bond donors (Lipinski definition) is 0. The molecule has 1 heterocycles. The summed E-state index contributed by atoms with van der Waals surface area (Å²) in [4.78, 5) is 16.3. The zero-order chi connectivity index (χ0) is 17.6. The molecule has 2 aromatic carbocycles. The van der Waals surface area contributed by atoms with Crippen molar-refractivity contribution in [3.63, 3.8) is 0 Å². The SMILES string of the molecule is CN(Cc1ccsc1)C(=O)c1ccccc1Sc1ccccc1C#N. The van der Waals surface area contributed by atoms with Crippen LogP contribution in [0.2, 0.25) is 0 Å². The van der Waals surface area contributed by atoms with Crippen molar-refractivity contribution in [2.45, 2.75) is 16.3 Å². The van der Waals surface area contributed by atoms with E-state index in [1.807, 2.05) is 66.3 Å². The number of carbonyl (C=O) groups is 1. The molecular weight excluding hydrogens is 348 g/mol. The lowest BCUT2D eigenvalue weighted by atomic mass is 10.2. The van der Waals surface area contributed by atoms with Gasteiger partial charge in [-0.25, -0.2) is 0 Å². The molecule has 0 bridgehead atoms. The monoisotopic (exact) mass is 364 g/mol. The maximum Gasteiger partial charge on any atom is 0.255 e. The molecule has 25 heavy (non-hydrogen) atoms. The first-order valence-corrected chi connectivity index (χ1v) is 9.47. The largest absolute Gasteiger partial charge is 0.337 e. The molecule has 124 valence electrons. The molecule has 3 aromatic rings. The zero-order valence-corrected chi connectivity index (χ0v) is 15.3. The molecule has 0 atom stereocenters. The minimum Gasteiger partial charge on any atom is -0.337 e. The van der Waals surface area contributed by atoms with Crippen molar-refractivity contribution < 1.29 is 4.79 Å². The number of nitrogens with zero attached hydrogens (tertiary/aromatic N) is 2. The van der Waals surface area contributed by atoms with Crippen LogP contribution in [0.3, 0.4) is 0 Å². The minimum atomic E-state index is -0.0243. The molecule has 3 rings (SSSR count). The van der Waals surface area contributed by atoms with Gasteiger partial charge in [0.2, 0.25) is 0 Å². The Morgan fingerprint density at radius 1 is 1.12 bits per heavy atom. The van der Waals surface area contributed by atoms with Gasteiger partial charge < -0.3 is 4.90 Å². The van der Waals surface area contributed by atoms with Crippen molar-refractivity contribution in [3.05, 3.63) is 82.0 Å². The number of thiophene rings is 1. The third-order valence-corrected chi connectivity index (χ3v) is 5.58. The van der Waals surface area contributed by atoms with Crippen LogP contribution in [0.1, 0.15) is 21.5 Å². The van der Waals surface area contributed by atoms with Gasteiger partial charge in [-0.15, -0.1) is 0 Å². The third-order valence-electron chi connectivity index (χ3n) is 3.69. The van der Waals surface area contributed by atoms with Crippen LogP contribution in [0, 0.1) is 11.3 Å². The molecular formula is C20H16N2OS2. The highest BCUT2D eigenvalue weighted by molar-refractivity contribution is 7.99. The number of hydrogen-bond acceptors (Lipinski definition) is 4. The van der Waals surface area contributed by atoms with E-state index in [-0.39, 0.29) is 5.91 Å². The summed E-state index contributed by atoms with van der Waals surface area (Å²) in [5, 5.41) is 13.3. The van der Waals surface area contributed by atoms with Crippen molar-refractivity contribution in [3.8, 4) is 6.07 Å². The molecule has 5 heteroatoms. The molecule has 1 aromatic heterocycles. The molecule has 0 spiro atoms. The van der Waals surface area contributed by atoms with Gasteiger partial charge in [0, 0.05) is 23.4 Å². The summed E-state index contributed by atoms with van der Waals surface area (Å²) in [5.74, 6) is -0.0243. The van der Waals surface area contributed by atoms with E-state index >= 15 is 0 Å². The second-order valence-corrected chi connectivity index (χ2v) is 7.36. The maximum atomic E-state index is 12.9. The smallest absolute Gasteiger partial charge is 0.255 e. The van der Waals surface area contributed by atoms with Crippen molar-refractivity contribution in [2.24, 2.45) is 0 Å². The zero-order valence-electron chi connectivity index (χ0n) is 13.7. The normalized spacial score (nSPS) is 10.2. The Morgan fingerprint density at radius 3 is 2.56 bits per heavy atom. The van der Waals surface area contributed by atoms with Crippen LogP contribution in [0.15, 0.2) is 75.1 Å². The lowest BCUT2D eigenvalue weighted by molar-refractivity contribution is 0.0782. The van der Waals surface area contributed by atoms with Gasteiger partial charge in [0.25, 0.3) is 5.91 Å². The number of nitriles is 1. The summed E-state index contributed by atoms with van der Waals surface area (Å²) in [6, 6.07) is 19.2. The van der Waals surface area contributed by atoms with Gasteiger partial charge in [-0.2, -0.15) is 16.6 Å². The lowest BCUT2D eigenvalue weighted by Gasteiger charge is -2.18. The van der Waals surface area contributed by atoms with Gasteiger partial charge in [-0.1, -0.05) is 36.0 Å². The van der Waals surface area contributed by atoms with E-state index < -0.39 is 0 Å². The third kappa shape index (κ3) is 4.11. The summed E-state index contributed by atoms with van der Waals surface area (Å²) in [7, 11) is 1.81. The van der Waals surface area contributed by atoms with Crippen molar-refractivity contribution in [1.82, 2.24) is 4.90 Å². The van der Waals surface area contributed by atoms with E-state index in [1.165, 1.54) is 11.8 Å². The van der Waals surface area contributed by atoms with Crippen LogP contribution < -0.4 is 0 Å². The Bertz CT molecular complexity index is 913. The predicted molar refractivity (Wildman–Crippen MR) is 102 cm³/mol. The summed E-state index contributed by atoms with van der Waals surface area (Å²) >= 11 is 3.08. The number of rotatable bonds is 5. The van der Waals surface area contributed by atoms with Gasteiger partial charge in [-0.05, 0) is 46.7 Å². The van der Waals surface area contributed by atoms with Crippen LogP contribution in [0.25, 0.3) is 0 Å². The van der Waals surface area contributed by atoms with E-state index in [2.05, 4.69) is 6.07 Å². The molecule has 0 aliphatic heterocycles. The number of amides is 1. The first-order chi connectivity index (χ1) is 12.2. The molecule has 0 saturated carbocycles. The van der Waals surface area contributed by atoms with Crippen LogP contribution in [-0.4, -0.2) is 17.9 Å². The first-order valence-electron chi connectivity index (χ1n) is 7.71. The fourth-order valence-corrected chi connectivity index (χ4v) is 4.11. The van der Waals surface area contributed by atoms with Crippen molar-refractivity contribution in [2.75, 3.05) is 7.05 Å². The highest BCUT2D eigenvalue weighted by Crippen LogP contribution is 2.33. The van der Waals surface area contributed by atoms with Gasteiger partial charge in [-0.3, -0.25) is 4.79 Å². The van der Waals surface area contributed by atoms with Crippen LogP contribution >= 0.6 is 23.1 Å². The molecule has 0 N–H and O–H groups in total. The Hall–Kier alpha value is -2.55. The molecule has 1 amide bonds. The van der Waals surface area contributed by atoms with E-state index in [9.17, 15) is 10.1 Å². The Labute approximate surface area is 155 Å².